The summed E-state index contributed by atoms with van der Waals surface area (Å²) in [7, 11) is 0. The highest BCUT2D eigenvalue weighted by molar-refractivity contribution is 6.66. The van der Waals surface area contributed by atoms with Crippen molar-refractivity contribution in [3.05, 3.63) is 23.8 Å². The Kier molecular flexibility index (Phi) is 9.95. The molecule has 110 valence electrons. The molecule has 0 aliphatic carbocycles. The van der Waals surface area contributed by atoms with Gasteiger partial charge in [0.15, 0.2) is 0 Å². The topological polar surface area (TPSA) is 17.1 Å². The lowest BCUT2D eigenvalue weighted by molar-refractivity contribution is -0.107. The van der Waals surface area contributed by atoms with Crippen molar-refractivity contribution in [1.82, 2.24) is 0 Å². The SMILES string of the molecule is CC(/C=C/CC(C)CCCC(C)C(C)C)=C\C(=O)Cl. The first-order valence-electron chi connectivity index (χ1n) is 7.37. The summed E-state index contributed by atoms with van der Waals surface area (Å²) in [4.78, 5) is 10.7. The molecule has 0 amide bonds. The highest BCUT2D eigenvalue weighted by atomic mass is 35.5. The first-order chi connectivity index (χ1) is 8.82. The molecule has 0 N–H and O–H groups in total. The van der Waals surface area contributed by atoms with E-state index in [4.69, 9.17) is 11.6 Å². The summed E-state index contributed by atoms with van der Waals surface area (Å²) in [5, 5.41) is -0.405. The summed E-state index contributed by atoms with van der Waals surface area (Å²) in [6.45, 7) is 11.1. The molecule has 0 aliphatic rings. The number of carbonyl (C=O) groups is 1. The minimum absolute atomic E-state index is 0.405. The summed E-state index contributed by atoms with van der Waals surface area (Å²) in [5.41, 5.74) is 0.917. The van der Waals surface area contributed by atoms with E-state index in [1.54, 1.807) is 0 Å². The molecule has 0 fully saturated rings. The molecule has 0 aliphatic heterocycles. The number of allylic oxidation sites excluding steroid dienone is 4. The minimum Gasteiger partial charge on any atom is -0.276 e. The molecule has 0 rings (SSSR count). The highest BCUT2D eigenvalue weighted by Crippen LogP contribution is 2.20. The molecule has 19 heavy (non-hydrogen) atoms. The van der Waals surface area contributed by atoms with Crippen LogP contribution in [-0.2, 0) is 4.79 Å². The van der Waals surface area contributed by atoms with Gasteiger partial charge >= 0.3 is 0 Å². The molecule has 0 aromatic carbocycles. The smallest absolute Gasteiger partial charge is 0.245 e. The molecule has 0 radical (unpaired) electrons. The van der Waals surface area contributed by atoms with Crippen LogP contribution in [0.3, 0.4) is 0 Å². The average Bonchev–Trinajstić information content (AvgIpc) is 2.27. The third-order valence-electron chi connectivity index (χ3n) is 3.75. The normalized spacial score (nSPS) is 16.1. The Bertz CT molecular complexity index is 315. The van der Waals surface area contributed by atoms with Crippen LogP contribution in [0.15, 0.2) is 23.8 Å². The van der Waals surface area contributed by atoms with Crippen LogP contribution < -0.4 is 0 Å². The fourth-order valence-corrected chi connectivity index (χ4v) is 2.12. The molecular weight excluding hydrogens is 256 g/mol. The third kappa shape index (κ3) is 11.0. The van der Waals surface area contributed by atoms with E-state index < -0.39 is 5.24 Å². The van der Waals surface area contributed by atoms with Crippen LogP contribution >= 0.6 is 11.6 Å². The van der Waals surface area contributed by atoms with Gasteiger partial charge in [0.25, 0.3) is 0 Å². The van der Waals surface area contributed by atoms with Crippen LogP contribution in [0, 0.1) is 17.8 Å². The van der Waals surface area contributed by atoms with Gasteiger partial charge in [-0.05, 0) is 48.3 Å². The number of carbonyl (C=O) groups excluding carboxylic acids is 1. The minimum atomic E-state index is -0.405. The van der Waals surface area contributed by atoms with Crippen molar-refractivity contribution in [3.8, 4) is 0 Å². The maximum atomic E-state index is 10.7. The van der Waals surface area contributed by atoms with Crippen molar-refractivity contribution in [2.75, 3.05) is 0 Å². The molecule has 2 atom stereocenters. The largest absolute Gasteiger partial charge is 0.276 e. The second-order valence-corrected chi connectivity index (χ2v) is 6.46. The van der Waals surface area contributed by atoms with Gasteiger partial charge in [-0.1, -0.05) is 59.1 Å². The van der Waals surface area contributed by atoms with Gasteiger partial charge in [-0.2, -0.15) is 0 Å². The fourth-order valence-electron chi connectivity index (χ4n) is 1.95. The van der Waals surface area contributed by atoms with Crippen LogP contribution in [0.25, 0.3) is 0 Å². The molecule has 0 saturated carbocycles. The van der Waals surface area contributed by atoms with Crippen LogP contribution in [-0.4, -0.2) is 5.24 Å². The van der Waals surface area contributed by atoms with Crippen molar-refractivity contribution in [1.29, 1.82) is 0 Å². The molecule has 0 bridgehead atoms. The lowest BCUT2D eigenvalue weighted by atomic mass is 9.90. The standard InChI is InChI=1S/C17H29ClO/c1-13(2)16(5)11-7-9-14(3)8-6-10-15(4)12-17(18)19/h6,10,12-14,16H,7-9,11H2,1-5H3/b10-6+,15-12+. The van der Waals surface area contributed by atoms with E-state index in [1.807, 2.05) is 13.0 Å². The molecule has 2 unspecified atom stereocenters. The summed E-state index contributed by atoms with van der Waals surface area (Å²) < 4.78 is 0. The Labute approximate surface area is 124 Å². The van der Waals surface area contributed by atoms with E-state index in [-0.39, 0.29) is 0 Å². The monoisotopic (exact) mass is 284 g/mol. The molecule has 0 aromatic heterocycles. The zero-order chi connectivity index (χ0) is 14.8. The van der Waals surface area contributed by atoms with Gasteiger partial charge in [0.05, 0.1) is 0 Å². The Morgan fingerprint density at radius 1 is 1.16 bits per heavy atom. The van der Waals surface area contributed by atoms with E-state index in [0.29, 0.717) is 5.92 Å². The van der Waals surface area contributed by atoms with Crippen molar-refractivity contribution < 1.29 is 4.79 Å². The number of hydrogen-bond acceptors (Lipinski definition) is 1. The molecule has 0 spiro atoms. The van der Waals surface area contributed by atoms with E-state index in [9.17, 15) is 4.79 Å². The summed E-state index contributed by atoms with van der Waals surface area (Å²) in [6.07, 6.45) is 10.5. The first kappa shape index (κ1) is 18.4. The van der Waals surface area contributed by atoms with Gasteiger partial charge in [-0.3, -0.25) is 4.79 Å². The molecular formula is C17H29ClO. The summed E-state index contributed by atoms with van der Waals surface area (Å²) in [5.74, 6) is 2.31. The van der Waals surface area contributed by atoms with Gasteiger partial charge in [0.1, 0.15) is 0 Å². The quantitative estimate of drug-likeness (QED) is 0.300. The van der Waals surface area contributed by atoms with Crippen molar-refractivity contribution in [2.24, 2.45) is 17.8 Å². The van der Waals surface area contributed by atoms with Crippen LogP contribution in [0.5, 0.6) is 0 Å². The second-order valence-electron chi connectivity index (χ2n) is 6.09. The van der Waals surface area contributed by atoms with Gasteiger partial charge in [-0.25, -0.2) is 0 Å². The molecule has 1 nitrogen and oxygen atoms in total. The summed E-state index contributed by atoms with van der Waals surface area (Å²) >= 11 is 5.29. The van der Waals surface area contributed by atoms with Gasteiger partial charge in [-0.15, -0.1) is 0 Å². The number of rotatable bonds is 9. The highest BCUT2D eigenvalue weighted by Gasteiger charge is 2.07. The van der Waals surface area contributed by atoms with Crippen molar-refractivity contribution in [2.45, 2.75) is 60.3 Å². The zero-order valence-electron chi connectivity index (χ0n) is 13.1. The summed E-state index contributed by atoms with van der Waals surface area (Å²) in [6, 6.07) is 0. The van der Waals surface area contributed by atoms with Gasteiger partial charge in [0.2, 0.25) is 5.24 Å². The number of hydrogen-bond donors (Lipinski definition) is 0. The molecule has 2 heteroatoms. The maximum absolute atomic E-state index is 10.7. The van der Waals surface area contributed by atoms with E-state index in [0.717, 1.165) is 23.8 Å². The molecule has 0 heterocycles. The van der Waals surface area contributed by atoms with Gasteiger partial charge < -0.3 is 0 Å². The Morgan fingerprint density at radius 2 is 1.79 bits per heavy atom. The van der Waals surface area contributed by atoms with Gasteiger partial charge in [0, 0.05) is 6.08 Å². The Balaban J connectivity index is 3.84. The third-order valence-corrected chi connectivity index (χ3v) is 3.86. The van der Waals surface area contributed by atoms with Crippen LogP contribution in [0.2, 0.25) is 0 Å². The second kappa shape index (κ2) is 10.3. The van der Waals surface area contributed by atoms with Crippen molar-refractivity contribution in [3.63, 3.8) is 0 Å². The molecule has 0 saturated heterocycles. The van der Waals surface area contributed by atoms with Crippen molar-refractivity contribution >= 4 is 16.8 Å². The molecule has 0 aromatic rings. The first-order valence-corrected chi connectivity index (χ1v) is 7.75. The van der Waals surface area contributed by atoms with E-state index >= 15 is 0 Å². The Morgan fingerprint density at radius 3 is 2.32 bits per heavy atom. The maximum Gasteiger partial charge on any atom is 0.245 e. The number of halogens is 1. The van der Waals surface area contributed by atoms with E-state index in [1.165, 1.54) is 25.3 Å². The Hall–Kier alpha value is -0.560. The van der Waals surface area contributed by atoms with Crippen LogP contribution in [0.4, 0.5) is 0 Å². The lowest BCUT2D eigenvalue weighted by Gasteiger charge is -2.16. The van der Waals surface area contributed by atoms with Crippen LogP contribution in [0.1, 0.15) is 60.3 Å². The lowest BCUT2D eigenvalue weighted by Crippen LogP contribution is -2.04. The average molecular weight is 285 g/mol. The predicted octanol–water partition coefficient (Wildman–Crippen LogP) is 5.74. The fraction of sp³-hybridized carbons (Fsp3) is 0.706. The predicted molar refractivity (Wildman–Crippen MR) is 85.4 cm³/mol. The van der Waals surface area contributed by atoms with E-state index in [2.05, 4.69) is 33.8 Å². The zero-order valence-corrected chi connectivity index (χ0v) is 13.8.